The normalized spacial score (nSPS) is 12.0. The fourth-order valence-corrected chi connectivity index (χ4v) is 2.68. The molecule has 1 N–H and O–H groups in total. The number of rotatable bonds is 7. The van der Waals surface area contributed by atoms with E-state index in [9.17, 15) is 14.4 Å². The van der Waals surface area contributed by atoms with Crippen LogP contribution in [0.25, 0.3) is 6.08 Å². The minimum Gasteiger partial charge on any atom is -0.461 e. The fourth-order valence-electron chi connectivity index (χ4n) is 2.68. The van der Waals surface area contributed by atoms with Crippen molar-refractivity contribution < 1.29 is 28.6 Å². The molecule has 1 aromatic carbocycles. The lowest BCUT2D eigenvalue weighted by Crippen LogP contribution is -2.27. The number of ether oxygens (including phenoxy) is 3. The van der Waals surface area contributed by atoms with Crippen molar-refractivity contribution in [3.63, 3.8) is 0 Å². The van der Waals surface area contributed by atoms with Crippen LogP contribution in [0.5, 0.6) is 0 Å². The SMILES string of the molecule is CC(C)(C)OC(=O)Nc1cc(C=C(CC(=O)OCc2ccccc2)C(=O)OC(C)(C)C)ccn1. The largest absolute Gasteiger partial charge is 0.461 e. The zero-order valence-electron chi connectivity index (χ0n) is 20.5. The van der Waals surface area contributed by atoms with Crippen molar-refractivity contribution >= 4 is 29.9 Å². The zero-order valence-corrected chi connectivity index (χ0v) is 20.5. The molecular formula is C26H32N2O6. The predicted molar refractivity (Wildman–Crippen MR) is 129 cm³/mol. The number of amides is 1. The summed E-state index contributed by atoms with van der Waals surface area (Å²) in [4.78, 5) is 41.4. The van der Waals surface area contributed by atoms with Crippen LogP contribution in [0.4, 0.5) is 10.6 Å². The van der Waals surface area contributed by atoms with E-state index < -0.39 is 29.2 Å². The molecule has 0 aliphatic heterocycles. The van der Waals surface area contributed by atoms with E-state index in [-0.39, 0.29) is 24.4 Å². The van der Waals surface area contributed by atoms with Crippen LogP contribution in [0.1, 0.15) is 59.1 Å². The van der Waals surface area contributed by atoms with Gasteiger partial charge < -0.3 is 14.2 Å². The minimum atomic E-state index is -0.744. The van der Waals surface area contributed by atoms with E-state index >= 15 is 0 Å². The smallest absolute Gasteiger partial charge is 0.413 e. The topological polar surface area (TPSA) is 104 Å². The van der Waals surface area contributed by atoms with Gasteiger partial charge in [0.1, 0.15) is 23.6 Å². The Bertz CT molecular complexity index is 1030. The second-order valence-corrected chi connectivity index (χ2v) is 9.60. The lowest BCUT2D eigenvalue weighted by Gasteiger charge is -2.20. The molecule has 8 nitrogen and oxygen atoms in total. The molecule has 2 rings (SSSR count). The van der Waals surface area contributed by atoms with Crippen molar-refractivity contribution in [3.8, 4) is 0 Å². The molecule has 182 valence electrons. The number of anilines is 1. The van der Waals surface area contributed by atoms with Gasteiger partial charge in [-0.2, -0.15) is 0 Å². The molecule has 2 aromatic rings. The summed E-state index contributed by atoms with van der Waals surface area (Å²) in [5.41, 5.74) is 0.0861. The maximum absolute atomic E-state index is 12.8. The molecule has 0 radical (unpaired) electrons. The Hall–Kier alpha value is -3.68. The molecule has 0 saturated carbocycles. The van der Waals surface area contributed by atoms with Crippen LogP contribution in [0.3, 0.4) is 0 Å². The lowest BCUT2D eigenvalue weighted by molar-refractivity contribution is -0.153. The van der Waals surface area contributed by atoms with E-state index in [1.807, 2.05) is 30.3 Å². The number of carbonyl (C=O) groups excluding carboxylic acids is 3. The van der Waals surface area contributed by atoms with Crippen LogP contribution in [0.2, 0.25) is 0 Å². The number of hydrogen-bond acceptors (Lipinski definition) is 7. The van der Waals surface area contributed by atoms with Gasteiger partial charge in [0.25, 0.3) is 0 Å². The van der Waals surface area contributed by atoms with Gasteiger partial charge >= 0.3 is 18.0 Å². The monoisotopic (exact) mass is 468 g/mol. The molecule has 0 aliphatic rings. The van der Waals surface area contributed by atoms with Gasteiger partial charge in [-0.3, -0.25) is 10.1 Å². The fraction of sp³-hybridized carbons (Fsp3) is 0.385. The third-order valence-corrected chi connectivity index (χ3v) is 3.99. The molecule has 0 fully saturated rings. The van der Waals surface area contributed by atoms with Crippen LogP contribution in [0.15, 0.2) is 54.2 Å². The Morgan fingerprint density at radius 2 is 1.59 bits per heavy atom. The standard InChI is InChI=1S/C26H32N2O6/c1-25(2,3)33-23(30)20(16-22(29)32-17-18-10-8-7-9-11-18)14-19-12-13-27-21(15-19)28-24(31)34-26(4,5)6/h7-15H,16-17H2,1-6H3,(H,27,28,31). The minimum absolute atomic E-state index is 0.0977. The highest BCUT2D eigenvalue weighted by atomic mass is 16.6. The summed E-state index contributed by atoms with van der Waals surface area (Å²) >= 11 is 0. The summed E-state index contributed by atoms with van der Waals surface area (Å²) in [5, 5.41) is 2.55. The van der Waals surface area contributed by atoms with Gasteiger partial charge in [-0.15, -0.1) is 0 Å². The molecular weight excluding hydrogens is 436 g/mol. The van der Waals surface area contributed by atoms with Gasteiger partial charge in [0, 0.05) is 11.8 Å². The van der Waals surface area contributed by atoms with E-state index in [4.69, 9.17) is 14.2 Å². The van der Waals surface area contributed by atoms with Crippen molar-refractivity contribution in [2.75, 3.05) is 5.32 Å². The average molecular weight is 469 g/mol. The molecule has 1 aromatic heterocycles. The Morgan fingerprint density at radius 3 is 2.21 bits per heavy atom. The van der Waals surface area contributed by atoms with E-state index in [1.165, 1.54) is 12.3 Å². The maximum Gasteiger partial charge on any atom is 0.413 e. The van der Waals surface area contributed by atoms with Gasteiger partial charge in [0.2, 0.25) is 0 Å². The number of esters is 2. The number of hydrogen-bond donors (Lipinski definition) is 1. The third-order valence-electron chi connectivity index (χ3n) is 3.99. The number of benzene rings is 1. The second kappa shape index (κ2) is 11.4. The molecule has 0 unspecified atom stereocenters. The Morgan fingerprint density at radius 1 is 0.941 bits per heavy atom. The number of nitrogens with one attached hydrogen (secondary N) is 1. The molecule has 8 heteroatoms. The first-order valence-corrected chi connectivity index (χ1v) is 10.9. The van der Waals surface area contributed by atoms with Crippen molar-refractivity contribution in [3.05, 3.63) is 65.4 Å². The van der Waals surface area contributed by atoms with E-state index in [2.05, 4.69) is 10.3 Å². The Kier molecular flexibility index (Phi) is 8.95. The molecule has 0 bridgehead atoms. The summed E-state index contributed by atoms with van der Waals surface area (Å²) in [6, 6.07) is 12.4. The van der Waals surface area contributed by atoms with Crippen molar-refractivity contribution in [2.45, 2.75) is 65.8 Å². The lowest BCUT2D eigenvalue weighted by atomic mass is 10.1. The molecule has 34 heavy (non-hydrogen) atoms. The highest BCUT2D eigenvalue weighted by Crippen LogP contribution is 2.19. The molecule has 0 spiro atoms. The molecule has 1 amide bonds. The predicted octanol–water partition coefficient (Wildman–Crippen LogP) is 5.29. The maximum atomic E-state index is 12.8. The van der Waals surface area contributed by atoms with Crippen LogP contribution < -0.4 is 5.32 Å². The first kappa shape index (κ1) is 26.6. The first-order chi connectivity index (χ1) is 15.8. The first-order valence-electron chi connectivity index (χ1n) is 10.9. The Balaban J connectivity index is 2.19. The molecule has 0 saturated heterocycles. The Labute approximate surface area is 200 Å². The third kappa shape index (κ3) is 10.3. The van der Waals surface area contributed by atoms with E-state index in [1.54, 1.807) is 53.7 Å². The van der Waals surface area contributed by atoms with Gasteiger partial charge in [0.15, 0.2) is 0 Å². The summed E-state index contributed by atoms with van der Waals surface area (Å²) < 4.78 is 16.0. The van der Waals surface area contributed by atoms with Crippen LogP contribution in [0, 0.1) is 0 Å². The van der Waals surface area contributed by atoms with Crippen LogP contribution >= 0.6 is 0 Å². The van der Waals surface area contributed by atoms with Gasteiger partial charge in [-0.1, -0.05) is 30.3 Å². The van der Waals surface area contributed by atoms with Crippen molar-refractivity contribution in [1.29, 1.82) is 0 Å². The summed E-state index contributed by atoms with van der Waals surface area (Å²) in [6.45, 7) is 10.6. The highest BCUT2D eigenvalue weighted by Gasteiger charge is 2.23. The molecule has 0 atom stereocenters. The quantitative estimate of drug-likeness (QED) is 0.335. The van der Waals surface area contributed by atoms with Gasteiger partial charge in [-0.05, 0) is 70.9 Å². The summed E-state index contributed by atoms with van der Waals surface area (Å²) in [7, 11) is 0. The van der Waals surface area contributed by atoms with Gasteiger partial charge in [0.05, 0.1) is 6.42 Å². The summed E-state index contributed by atoms with van der Waals surface area (Å²) in [5.74, 6) is -0.970. The number of aromatic nitrogens is 1. The van der Waals surface area contributed by atoms with E-state index in [0.717, 1.165) is 5.56 Å². The van der Waals surface area contributed by atoms with Crippen molar-refractivity contribution in [2.24, 2.45) is 0 Å². The van der Waals surface area contributed by atoms with Gasteiger partial charge in [-0.25, -0.2) is 14.6 Å². The van der Waals surface area contributed by atoms with Crippen molar-refractivity contribution in [1.82, 2.24) is 4.98 Å². The summed E-state index contributed by atoms with van der Waals surface area (Å²) in [6.07, 6.45) is 2.05. The van der Waals surface area contributed by atoms with E-state index in [0.29, 0.717) is 5.56 Å². The molecule has 1 heterocycles. The second-order valence-electron chi connectivity index (χ2n) is 9.60. The van der Waals surface area contributed by atoms with Crippen LogP contribution in [-0.2, 0) is 30.4 Å². The van der Waals surface area contributed by atoms with Crippen LogP contribution in [-0.4, -0.2) is 34.2 Å². The average Bonchev–Trinajstić information content (AvgIpc) is 2.70. The number of pyridine rings is 1. The number of nitrogens with zero attached hydrogens (tertiary/aromatic N) is 1. The zero-order chi connectivity index (χ0) is 25.4. The molecule has 0 aliphatic carbocycles. The number of carbonyl (C=O) groups is 3. The highest BCUT2D eigenvalue weighted by molar-refractivity contribution is 5.98.